The third-order valence-electron chi connectivity index (χ3n) is 2.88. The Hall–Kier alpha value is -1.88. The highest BCUT2D eigenvalue weighted by molar-refractivity contribution is 7.13. The SMILES string of the molecule is CCOC(=O)Cc1csc(N(C)c2ccc(C)cc2)n1. The predicted molar refractivity (Wildman–Crippen MR) is 81.7 cm³/mol. The molecular formula is C15H18N2O2S. The van der Waals surface area contributed by atoms with Crippen LogP contribution in [-0.2, 0) is 16.0 Å². The van der Waals surface area contributed by atoms with Crippen LogP contribution in [-0.4, -0.2) is 24.6 Å². The van der Waals surface area contributed by atoms with Crippen LogP contribution in [0.1, 0.15) is 18.2 Å². The van der Waals surface area contributed by atoms with E-state index in [1.54, 1.807) is 6.92 Å². The molecule has 0 saturated heterocycles. The Morgan fingerprint density at radius 3 is 2.70 bits per heavy atom. The maximum atomic E-state index is 11.4. The number of aromatic nitrogens is 1. The van der Waals surface area contributed by atoms with Crippen molar-refractivity contribution in [1.29, 1.82) is 0 Å². The molecule has 1 heterocycles. The van der Waals surface area contributed by atoms with Gasteiger partial charge in [-0.1, -0.05) is 17.7 Å². The fraction of sp³-hybridized carbons (Fsp3) is 0.333. The lowest BCUT2D eigenvalue weighted by Gasteiger charge is -2.15. The zero-order valence-corrected chi connectivity index (χ0v) is 12.7. The zero-order valence-electron chi connectivity index (χ0n) is 11.9. The fourth-order valence-electron chi connectivity index (χ4n) is 1.77. The van der Waals surface area contributed by atoms with Crippen LogP contribution in [0.4, 0.5) is 10.8 Å². The monoisotopic (exact) mass is 290 g/mol. The molecule has 2 rings (SSSR count). The first kappa shape index (κ1) is 14.5. The van der Waals surface area contributed by atoms with E-state index in [0.29, 0.717) is 6.61 Å². The summed E-state index contributed by atoms with van der Waals surface area (Å²) < 4.78 is 4.93. The second-order valence-electron chi connectivity index (χ2n) is 4.50. The predicted octanol–water partition coefficient (Wildman–Crippen LogP) is 3.33. The first-order chi connectivity index (χ1) is 9.60. The summed E-state index contributed by atoms with van der Waals surface area (Å²) in [7, 11) is 1.97. The molecule has 5 heteroatoms. The van der Waals surface area contributed by atoms with Gasteiger partial charge in [0.15, 0.2) is 5.13 Å². The highest BCUT2D eigenvalue weighted by Crippen LogP contribution is 2.27. The van der Waals surface area contributed by atoms with Crippen LogP contribution in [0.15, 0.2) is 29.6 Å². The summed E-state index contributed by atoms with van der Waals surface area (Å²) in [6.07, 6.45) is 0.228. The highest BCUT2D eigenvalue weighted by Gasteiger charge is 2.12. The second-order valence-corrected chi connectivity index (χ2v) is 5.33. The van der Waals surface area contributed by atoms with E-state index in [2.05, 4.69) is 36.2 Å². The van der Waals surface area contributed by atoms with Gasteiger partial charge >= 0.3 is 5.97 Å². The van der Waals surface area contributed by atoms with Gasteiger partial charge in [-0.3, -0.25) is 4.79 Å². The molecule has 0 spiro atoms. The number of hydrogen-bond donors (Lipinski definition) is 0. The lowest BCUT2D eigenvalue weighted by Crippen LogP contribution is -2.10. The molecule has 1 aromatic carbocycles. The number of rotatable bonds is 5. The Bertz CT molecular complexity index is 578. The van der Waals surface area contributed by atoms with Crippen LogP contribution < -0.4 is 4.90 Å². The smallest absolute Gasteiger partial charge is 0.311 e. The van der Waals surface area contributed by atoms with E-state index in [9.17, 15) is 4.79 Å². The number of carbonyl (C=O) groups is 1. The molecule has 0 aliphatic heterocycles. The number of carbonyl (C=O) groups excluding carboxylic acids is 1. The maximum Gasteiger partial charge on any atom is 0.311 e. The summed E-state index contributed by atoms with van der Waals surface area (Å²) in [5.74, 6) is -0.234. The van der Waals surface area contributed by atoms with Crippen molar-refractivity contribution >= 4 is 28.1 Å². The zero-order chi connectivity index (χ0) is 14.5. The van der Waals surface area contributed by atoms with Gasteiger partial charge in [0.1, 0.15) is 0 Å². The first-order valence-corrected chi connectivity index (χ1v) is 7.38. The van der Waals surface area contributed by atoms with Gasteiger partial charge in [0, 0.05) is 18.1 Å². The average molecular weight is 290 g/mol. The topological polar surface area (TPSA) is 42.4 Å². The van der Waals surface area contributed by atoms with Gasteiger partial charge in [-0.15, -0.1) is 11.3 Å². The van der Waals surface area contributed by atoms with Crippen LogP contribution in [0.2, 0.25) is 0 Å². The number of benzene rings is 1. The average Bonchev–Trinajstić information content (AvgIpc) is 2.87. The largest absolute Gasteiger partial charge is 0.466 e. The van der Waals surface area contributed by atoms with Gasteiger partial charge < -0.3 is 9.64 Å². The lowest BCUT2D eigenvalue weighted by molar-refractivity contribution is -0.142. The van der Waals surface area contributed by atoms with E-state index in [1.807, 2.05) is 17.3 Å². The van der Waals surface area contributed by atoms with Crippen LogP contribution in [0.3, 0.4) is 0 Å². The van der Waals surface area contributed by atoms with E-state index in [-0.39, 0.29) is 12.4 Å². The molecule has 2 aromatic rings. The molecule has 0 aliphatic rings. The summed E-state index contributed by atoms with van der Waals surface area (Å²) in [5, 5.41) is 2.77. The molecule has 0 unspecified atom stereocenters. The van der Waals surface area contributed by atoms with Crippen molar-refractivity contribution in [3.05, 3.63) is 40.9 Å². The van der Waals surface area contributed by atoms with Gasteiger partial charge in [0.05, 0.1) is 18.7 Å². The number of hydrogen-bond acceptors (Lipinski definition) is 5. The van der Waals surface area contributed by atoms with E-state index in [4.69, 9.17) is 4.74 Å². The molecule has 106 valence electrons. The van der Waals surface area contributed by atoms with Gasteiger partial charge in [0.2, 0.25) is 0 Å². The number of aryl methyl sites for hydroxylation is 1. The Morgan fingerprint density at radius 2 is 2.05 bits per heavy atom. The van der Waals surface area contributed by atoms with Crippen molar-refractivity contribution < 1.29 is 9.53 Å². The van der Waals surface area contributed by atoms with Crippen molar-refractivity contribution in [2.75, 3.05) is 18.6 Å². The van der Waals surface area contributed by atoms with Gasteiger partial charge in [0.25, 0.3) is 0 Å². The summed E-state index contributed by atoms with van der Waals surface area (Å²) in [6.45, 7) is 4.26. The van der Waals surface area contributed by atoms with Gasteiger partial charge in [-0.2, -0.15) is 0 Å². The molecule has 0 atom stereocenters. The van der Waals surface area contributed by atoms with Crippen LogP contribution >= 0.6 is 11.3 Å². The molecule has 20 heavy (non-hydrogen) atoms. The summed E-state index contributed by atoms with van der Waals surface area (Å²) in [4.78, 5) is 17.9. The summed E-state index contributed by atoms with van der Waals surface area (Å²) >= 11 is 1.52. The van der Waals surface area contributed by atoms with Crippen LogP contribution in [0.5, 0.6) is 0 Å². The van der Waals surface area contributed by atoms with E-state index < -0.39 is 0 Å². The van der Waals surface area contributed by atoms with Crippen molar-refractivity contribution in [2.45, 2.75) is 20.3 Å². The van der Waals surface area contributed by atoms with Crippen molar-refractivity contribution in [1.82, 2.24) is 4.98 Å². The van der Waals surface area contributed by atoms with Gasteiger partial charge in [-0.05, 0) is 26.0 Å². The molecule has 0 amide bonds. The van der Waals surface area contributed by atoms with Crippen LogP contribution in [0.25, 0.3) is 0 Å². The first-order valence-electron chi connectivity index (χ1n) is 6.50. The Kier molecular flexibility index (Phi) is 4.74. The van der Waals surface area contributed by atoms with E-state index >= 15 is 0 Å². The third-order valence-corrected chi connectivity index (χ3v) is 3.84. The summed E-state index contributed by atoms with van der Waals surface area (Å²) in [6, 6.07) is 8.25. The minimum atomic E-state index is -0.234. The Balaban J connectivity index is 2.08. The molecule has 0 N–H and O–H groups in total. The standard InChI is InChI=1S/C15H18N2O2S/c1-4-19-14(18)9-12-10-20-15(16-12)17(3)13-7-5-11(2)6-8-13/h5-8,10H,4,9H2,1-3H3. The number of thiazole rings is 1. The van der Waals surface area contributed by atoms with Crippen molar-refractivity contribution in [3.63, 3.8) is 0 Å². The molecule has 0 fully saturated rings. The third kappa shape index (κ3) is 3.57. The minimum absolute atomic E-state index is 0.228. The maximum absolute atomic E-state index is 11.4. The second kappa shape index (κ2) is 6.52. The normalized spacial score (nSPS) is 10.3. The molecule has 0 bridgehead atoms. The molecule has 1 aromatic heterocycles. The number of anilines is 2. The minimum Gasteiger partial charge on any atom is -0.466 e. The molecular weight excluding hydrogens is 272 g/mol. The quantitative estimate of drug-likeness (QED) is 0.792. The lowest BCUT2D eigenvalue weighted by atomic mass is 10.2. The van der Waals surface area contributed by atoms with Crippen molar-refractivity contribution in [2.24, 2.45) is 0 Å². The van der Waals surface area contributed by atoms with E-state index in [0.717, 1.165) is 16.5 Å². The number of esters is 1. The molecule has 4 nitrogen and oxygen atoms in total. The highest BCUT2D eigenvalue weighted by atomic mass is 32.1. The summed E-state index contributed by atoms with van der Waals surface area (Å²) in [5.41, 5.74) is 3.05. The molecule has 0 aliphatic carbocycles. The van der Waals surface area contributed by atoms with Crippen LogP contribution in [0, 0.1) is 6.92 Å². The number of ether oxygens (including phenoxy) is 1. The van der Waals surface area contributed by atoms with Gasteiger partial charge in [-0.25, -0.2) is 4.98 Å². The number of nitrogens with zero attached hydrogens (tertiary/aromatic N) is 2. The van der Waals surface area contributed by atoms with Crippen molar-refractivity contribution in [3.8, 4) is 0 Å². The Labute approximate surface area is 123 Å². The Morgan fingerprint density at radius 1 is 1.35 bits per heavy atom. The fourth-order valence-corrected chi connectivity index (χ4v) is 2.58. The van der Waals surface area contributed by atoms with E-state index in [1.165, 1.54) is 16.9 Å². The molecule has 0 radical (unpaired) electrons. The molecule has 0 saturated carbocycles.